The highest BCUT2D eigenvalue weighted by atomic mass is 16.3. The summed E-state index contributed by atoms with van der Waals surface area (Å²) in [6, 6.07) is 13.4. The van der Waals surface area contributed by atoms with Gasteiger partial charge in [0.05, 0.1) is 13.2 Å². The lowest BCUT2D eigenvalue weighted by Gasteiger charge is -2.21. The Labute approximate surface area is 147 Å². The van der Waals surface area contributed by atoms with Gasteiger partial charge in [0, 0.05) is 24.1 Å². The summed E-state index contributed by atoms with van der Waals surface area (Å²) in [7, 11) is 0. The lowest BCUT2D eigenvalue weighted by Crippen LogP contribution is -2.40. The van der Waals surface area contributed by atoms with E-state index in [1.165, 1.54) is 10.5 Å². The van der Waals surface area contributed by atoms with Gasteiger partial charge in [0.1, 0.15) is 5.60 Å². The Hall–Kier alpha value is -2.44. The number of aryl methyl sites for hydroxylation is 2. The van der Waals surface area contributed by atoms with Crippen LogP contribution in [0, 0.1) is 0 Å². The van der Waals surface area contributed by atoms with E-state index >= 15 is 0 Å². The van der Waals surface area contributed by atoms with Crippen LogP contribution in [0.2, 0.25) is 0 Å². The van der Waals surface area contributed by atoms with E-state index in [9.17, 15) is 9.90 Å². The van der Waals surface area contributed by atoms with Gasteiger partial charge in [-0.3, -0.25) is 4.98 Å². The van der Waals surface area contributed by atoms with E-state index in [0.29, 0.717) is 18.7 Å². The van der Waals surface area contributed by atoms with E-state index in [1.807, 2.05) is 42.5 Å². The first-order valence-electron chi connectivity index (χ1n) is 8.46. The maximum Gasteiger partial charge on any atom is 0.321 e. The van der Waals surface area contributed by atoms with Crippen molar-refractivity contribution in [2.75, 3.05) is 25.0 Å². The second kappa shape index (κ2) is 7.63. The zero-order valence-corrected chi connectivity index (χ0v) is 14.1. The summed E-state index contributed by atoms with van der Waals surface area (Å²) >= 11 is 0. The Balaban J connectivity index is 1.51. The average molecular weight is 341 g/mol. The number of β-amino-alcohol motifs (C(OH)–C–C–N with tert-alkyl or cyclic N) is 1. The highest BCUT2D eigenvalue weighted by molar-refractivity contribution is 5.89. The molecule has 1 aliphatic rings. The van der Waals surface area contributed by atoms with Crippen LogP contribution in [0.25, 0.3) is 0 Å². The molecule has 1 aromatic heterocycles. The van der Waals surface area contributed by atoms with Crippen molar-refractivity contribution in [2.45, 2.75) is 24.9 Å². The molecule has 25 heavy (non-hydrogen) atoms. The largest absolute Gasteiger partial charge is 0.393 e. The molecule has 2 aromatic rings. The van der Waals surface area contributed by atoms with Crippen LogP contribution in [0.4, 0.5) is 10.5 Å². The number of pyridine rings is 1. The number of carbonyl (C=O) groups is 1. The molecular weight excluding hydrogens is 318 g/mol. The molecule has 1 fully saturated rings. The molecule has 0 unspecified atom stereocenters. The molecule has 3 rings (SSSR count). The van der Waals surface area contributed by atoms with Crippen LogP contribution in [0.3, 0.4) is 0 Å². The number of hydrogen-bond donors (Lipinski definition) is 3. The van der Waals surface area contributed by atoms with E-state index in [-0.39, 0.29) is 19.2 Å². The molecular formula is C19H23N3O3. The van der Waals surface area contributed by atoms with E-state index < -0.39 is 5.60 Å². The van der Waals surface area contributed by atoms with E-state index in [4.69, 9.17) is 5.11 Å². The Morgan fingerprint density at radius 2 is 2.00 bits per heavy atom. The SMILES string of the molecule is O=C(Nc1ccc(CCc2ccccn2)cc1)N1CC[C@](O)(CO)C1. The molecule has 1 aliphatic heterocycles. The van der Waals surface area contributed by atoms with E-state index in [2.05, 4.69) is 10.3 Å². The first kappa shape index (κ1) is 17.4. The average Bonchev–Trinajstić information content (AvgIpc) is 3.05. The number of benzene rings is 1. The molecule has 6 heteroatoms. The van der Waals surface area contributed by atoms with Gasteiger partial charge in [-0.05, 0) is 49.1 Å². The zero-order chi connectivity index (χ0) is 17.7. The topological polar surface area (TPSA) is 85.7 Å². The highest BCUT2D eigenvalue weighted by Crippen LogP contribution is 2.21. The first-order chi connectivity index (χ1) is 12.1. The van der Waals surface area contributed by atoms with Crippen molar-refractivity contribution in [3.05, 3.63) is 59.9 Å². The number of nitrogens with zero attached hydrogens (tertiary/aromatic N) is 2. The Bertz CT molecular complexity index is 706. The third kappa shape index (κ3) is 4.55. The maximum atomic E-state index is 12.2. The zero-order valence-electron chi connectivity index (χ0n) is 14.1. The van der Waals surface area contributed by atoms with E-state index in [0.717, 1.165) is 18.5 Å². The Kier molecular flexibility index (Phi) is 5.31. The predicted molar refractivity (Wildman–Crippen MR) is 95.3 cm³/mol. The van der Waals surface area contributed by atoms with Crippen molar-refractivity contribution in [2.24, 2.45) is 0 Å². The summed E-state index contributed by atoms with van der Waals surface area (Å²) in [6.45, 7) is 0.254. The summed E-state index contributed by atoms with van der Waals surface area (Å²) in [5.41, 5.74) is 1.78. The number of carbonyl (C=O) groups excluding carboxylic acids is 1. The molecule has 0 bridgehead atoms. The van der Waals surface area contributed by atoms with Crippen LogP contribution in [0.5, 0.6) is 0 Å². The number of aliphatic hydroxyl groups is 2. The lowest BCUT2D eigenvalue weighted by molar-refractivity contribution is -0.00246. The number of anilines is 1. The molecule has 3 N–H and O–H groups in total. The molecule has 2 heterocycles. The maximum absolute atomic E-state index is 12.2. The van der Waals surface area contributed by atoms with Crippen LogP contribution < -0.4 is 5.32 Å². The minimum atomic E-state index is -1.17. The smallest absolute Gasteiger partial charge is 0.321 e. The minimum absolute atomic E-state index is 0.150. The Morgan fingerprint density at radius 3 is 2.64 bits per heavy atom. The first-order valence-corrected chi connectivity index (χ1v) is 8.46. The fourth-order valence-corrected chi connectivity index (χ4v) is 2.93. The summed E-state index contributed by atoms with van der Waals surface area (Å²) < 4.78 is 0. The van der Waals surface area contributed by atoms with Crippen LogP contribution >= 0.6 is 0 Å². The molecule has 1 aromatic carbocycles. The van der Waals surface area contributed by atoms with Gasteiger partial charge in [-0.25, -0.2) is 4.79 Å². The molecule has 1 atom stereocenters. The second-order valence-corrected chi connectivity index (χ2v) is 6.50. The standard InChI is InChI=1S/C19H23N3O3/c23-14-19(25)10-12-22(13-19)18(24)21-17-8-5-15(6-9-17)4-7-16-3-1-2-11-20-16/h1-3,5-6,8-9,11,23,25H,4,7,10,12-14H2,(H,21,24)/t19-/m1/s1. The quantitative estimate of drug-likeness (QED) is 0.774. The van der Waals surface area contributed by atoms with Crippen LogP contribution in [0.15, 0.2) is 48.7 Å². The number of aliphatic hydroxyl groups excluding tert-OH is 1. The van der Waals surface area contributed by atoms with Gasteiger partial charge in [-0.2, -0.15) is 0 Å². The van der Waals surface area contributed by atoms with E-state index in [1.54, 1.807) is 6.20 Å². The van der Waals surface area contributed by atoms with Gasteiger partial charge in [-0.15, -0.1) is 0 Å². The van der Waals surface area contributed by atoms with Gasteiger partial charge >= 0.3 is 6.03 Å². The molecule has 0 saturated carbocycles. The number of aromatic nitrogens is 1. The Morgan fingerprint density at radius 1 is 1.20 bits per heavy atom. The summed E-state index contributed by atoms with van der Waals surface area (Å²) in [5.74, 6) is 0. The molecule has 0 aliphatic carbocycles. The fraction of sp³-hybridized carbons (Fsp3) is 0.368. The van der Waals surface area contributed by atoms with Gasteiger partial charge < -0.3 is 20.4 Å². The molecule has 1 saturated heterocycles. The monoisotopic (exact) mass is 341 g/mol. The molecule has 6 nitrogen and oxygen atoms in total. The number of likely N-dealkylation sites (tertiary alicyclic amines) is 1. The summed E-state index contributed by atoms with van der Waals surface area (Å²) in [6.07, 6.45) is 3.95. The van der Waals surface area contributed by atoms with Gasteiger partial charge in [0.15, 0.2) is 0 Å². The molecule has 2 amide bonds. The number of nitrogens with one attached hydrogen (secondary N) is 1. The minimum Gasteiger partial charge on any atom is -0.393 e. The summed E-state index contributed by atoms with van der Waals surface area (Å²) in [4.78, 5) is 18.1. The van der Waals surface area contributed by atoms with Crippen molar-refractivity contribution in [1.82, 2.24) is 9.88 Å². The van der Waals surface area contributed by atoms with Gasteiger partial charge in [-0.1, -0.05) is 18.2 Å². The fourth-order valence-electron chi connectivity index (χ4n) is 2.93. The number of amides is 2. The van der Waals surface area contributed by atoms with Crippen LogP contribution in [-0.4, -0.2) is 51.4 Å². The number of urea groups is 1. The van der Waals surface area contributed by atoms with Gasteiger partial charge in [0.25, 0.3) is 0 Å². The van der Waals surface area contributed by atoms with Crippen molar-refractivity contribution >= 4 is 11.7 Å². The summed E-state index contributed by atoms with van der Waals surface area (Å²) in [5, 5.41) is 22.0. The van der Waals surface area contributed by atoms with Crippen LogP contribution in [-0.2, 0) is 12.8 Å². The van der Waals surface area contributed by atoms with Gasteiger partial charge in [0.2, 0.25) is 0 Å². The molecule has 0 radical (unpaired) electrons. The number of rotatable bonds is 5. The molecule has 0 spiro atoms. The normalized spacial score (nSPS) is 19.8. The predicted octanol–water partition coefficient (Wildman–Crippen LogP) is 1.83. The van der Waals surface area contributed by atoms with Crippen LogP contribution in [0.1, 0.15) is 17.7 Å². The third-order valence-electron chi connectivity index (χ3n) is 4.51. The molecule has 132 valence electrons. The third-order valence-corrected chi connectivity index (χ3v) is 4.51. The number of hydrogen-bond acceptors (Lipinski definition) is 4. The van der Waals surface area contributed by atoms with Crippen molar-refractivity contribution in [3.63, 3.8) is 0 Å². The second-order valence-electron chi connectivity index (χ2n) is 6.50. The van der Waals surface area contributed by atoms with Crippen molar-refractivity contribution < 1.29 is 15.0 Å². The highest BCUT2D eigenvalue weighted by Gasteiger charge is 2.37. The van der Waals surface area contributed by atoms with Crippen molar-refractivity contribution in [3.8, 4) is 0 Å². The lowest BCUT2D eigenvalue weighted by atomic mass is 10.1. The van der Waals surface area contributed by atoms with Crippen molar-refractivity contribution in [1.29, 1.82) is 0 Å².